The molecule has 200 valence electrons. The summed E-state index contributed by atoms with van der Waals surface area (Å²) in [7, 11) is -3.97. The third-order valence-electron chi connectivity index (χ3n) is 6.49. The standard InChI is InChI=1S/C27H36N4O5S/c1-5-29-24-22(28-4)8-6-9-23(24)37(35,36)30-21-12-10-20(11-13-21)25(32)31-18-16-27(34,17-19-31)15-7-14-26(2,3)33/h5-6,8-13,30,33-34H,4,7,14-19H2,1-3H3/b29-5-. The molecule has 1 aliphatic heterocycles. The first-order chi connectivity index (χ1) is 17.4. The van der Waals surface area contributed by atoms with Crippen molar-refractivity contribution < 1.29 is 23.4 Å². The van der Waals surface area contributed by atoms with Crippen molar-refractivity contribution in [1.82, 2.24) is 4.90 Å². The monoisotopic (exact) mass is 528 g/mol. The van der Waals surface area contributed by atoms with Gasteiger partial charge in [-0.2, -0.15) is 0 Å². The highest BCUT2D eigenvalue weighted by Crippen LogP contribution is 2.35. The van der Waals surface area contributed by atoms with Crippen LogP contribution in [0, 0.1) is 0 Å². The van der Waals surface area contributed by atoms with Gasteiger partial charge >= 0.3 is 0 Å². The highest BCUT2D eigenvalue weighted by molar-refractivity contribution is 7.92. The number of anilines is 1. The van der Waals surface area contributed by atoms with Crippen LogP contribution in [0.3, 0.4) is 0 Å². The number of benzene rings is 2. The van der Waals surface area contributed by atoms with Gasteiger partial charge in [-0.1, -0.05) is 6.07 Å². The summed E-state index contributed by atoms with van der Waals surface area (Å²) in [5, 5.41) is 20.7. The summed E-state index contributed by atoms with van der Waals surface area (Å²) in [6.45, 7) is 9.53. The molecular weight excluding hydrogens is 492 g/mol. The number of piperidine rings is 1. The van der Waals surface area contributed by atoms with Gasteiger partial charge in [0.25, 0.3) is 15.9 Å². The Kier molecular flexibility index (Phi) is 8.88. The minimum absolute atomic E-state index is 0.0287. The van der Waals surface area contributed by atoms with Gasteiger partial charge < -0.3 is 15.1 Å². The van der Waals surface area contributed by atoms with Crippen LogP contribution in [0.1, 0.15) is 63.2 Å². The lowest BCUT2D eigenvalue weighted by atomic mass is 9.85. The first-order valence-electron chi connectivity index (χ1n) is 12.3. The second kappa shape index (κ2) is 11.5. The highest BCUT2D eigenvalue weighted by atomic mass is 32.2. The summed E-state index contributed by atoms with van der Waals surface area (Å²) in [6.07, 6.45) is 4.35. The number of aliphatic hydroxyl groups is 2. The molecule has 1 fully saturated rings. The van der Waals surface area contributed by atoms with Crippen molar-refractivity contribution in [3.63, 3.8) is 0 Å². The molecule has 3 rings (SSSR count). The summed E-state index contributed by atoms with van der Waals surface area (Å²) < 4.78 is 28.7. The number of aliphatic imine (C=N–C) groups is 2. The number of hydrogen-bond acceptors (Lipinski definition) is 7. The summed E-state index contributed by atoms with van der Waals surface area (Å²) in [5.41, 5.74) is -0.295. The van der Waals surface area contributed by atoms with Crippen LogP contribution >= 0.6 is 0 Å². The normalized spacial score (nSPS) is 16.1. The number of amides is 1. The van der Waals surface area contributed by atoms with Gasteiger partial charge in [-0.3, -0.25) is 19.5 Å². The zero-order valence-electron chi connectivity index (χ0n) is 21.6. The summed E-state index contributed by atoms with van der Waals surface area (Å²) in [5.74, 6) is -0.169. The molecule has 0 aromatic heterocycles. The van der Waals surface area contributed by atoms with Gasteiger partial charge in [-0.15, -0.1) is 0 Å². The Labute approximate surface area is 219 Å². The fourth-order valence-corrected chi connectivity index (χ4v) is 5.64. The van der Waals surface area contributed by atoms with E-state index in [0.717, 1.165) is 0 Å². The molecule has 0 aliphatic carbocycles. The Morgan fingerprint density at radius 3 is 2.41 bits per heavy atom. The van der Waals surface area contributed by atoms with Crippen molar-refractivity contribution in [2.75, 3.05) is 17.8 Å². The van der Waals surface area contributed by atoms with Crippen LogP contribution < -0.4 is 4.72 Å². The fraction of sp³-hybridized carbons (Fsp3) is 0.444. The van der Waals surface area contributed by atoms with Crippen LogP contribution in [-0.4, -0.2) is 66.7 Å². The molecule has 1 saturated heterocycles. The molecule has 1 aliphatic rings. The van der Waals surface area contributed by atoms with Crippen molar-refractivity contribution in [1.29, 1.82) is 0 Å². The van der Waals surface area contributed by atoms with Crippen LogP contribution in [0.2, 0.25) is 0 Å². The molecular formula is C27H36N4O5S. The van der Waals surface area contributed by atoms with Crippen molar-refractivity contribution in [3.05, 3.63) is 48.0 Å². The van der Waals surface area contributed by atoms with E-state index in [2.05, 4.69) is 21.4 Å². The Morgan fingerprint density at radius 2 is 1.84 bits per heavy atom. The fourth-order valence-electron chi connectivity index (χ4n) is 4.41. The van der Waals surface area contributed by atoms with Gasteiger partial charge in [-0.05, 0) is 96.0 Å². The molecule has 0 atom stereocenters. The van der Waals surface area contributed by atoms with E-state index in [1.165, 1.54) is 12.3 Å². The van der Waals surface area contributed by atoms with Crippen LogP contribution in [0.25, 0.3) is 0 Å². The quantitative estimate of drug-likeness (QED) is 0.392. The van der Waals surface area contributed by atoms with Gasteiger partial charge in [0.05, 0.1) is 16.9 Å². The molecule has 1 amide bonds. The lowest BCUT2D eigenvalue weighted by Crippen LogP contribution is -2.46. The number of nitrogens with one attached hydrogen (secondary N) is 1. The van der Waals surface area contributed by atoms with Crippen LogP contribution in [0.5, 0.6) is 0 Å². The van der Waals surface area contributed by atoms with E-state index < -0.39 is 21.2 Å². The van der Waals surface area contributed by atoms with E-state index in [0.29, 0.717) is 62.1 Å². The maximum Gasteiger partial charge on any atom is 0.264 e. The minimum Gasteiger partial charge on any atom is -0.390 e. The topological polar surface area (TPSA) is 132 Å². The first-order valence-corrected chi connectivity index (χ1v) is 13.8. The van der Waals surface area contributed by atoms with Crippen LogP contribution in [-0.2, 0) is 10.0 Å². The lowest BCUT2D eigenvalue weighted by Gasteiger charge is -2.38. The van der Waals surface area contributed by atoms with Crippen molar-refractivity contribution in [2.24, 2.45) is 9.98 Å². The molecule has 10 heteroatoms. The molecule has 0 saturated carbocycles. The number of para-hydroxylation sites is 1. The third kappa shape index (κ3) is 7.47. The number of likely N-dealkylation sites (tertiary alicyclic amines) is 1. The zero-order valence-corrected chi connectivity index (χ0v) is 22.5. The van der Waals surface area contributed by atoms with Crippen LogP contribution in [0.4, 0.5) is 17.1 Å². The zero-order chi connectivity index (χ0) is 27.3. The molecule has 9 nitrogen and oxygen atoms in total. The Hall–Kier alpha value is -3.08. The van der Waals surface area contributed by atoms with Gasteiger partial charge in [0.2, 0.25) is 0 Å². The van der Waals surface area contributed by atoms with Gasteiger partial charge in [0.1, 0.15) is 10.6 Å². The van der Waals surface area contributed by atoms with Crippen molar-refractivity contribution in [2.45, 2.75) is 69.0 Å². The Balaban J connectivity index is 1.64. The summed E-state index contributed by atoms with van der Waals surface area (Å²) >= 11 is 0. The molecule has 0 radical (unpaired) electrons. The number of rotatable bonds is 10. The average molecular weight is 529 g/mol. The maximum atomic E-state index is 13.1. The van der Waals surface area contributed by atoms with Crippen LogP contribution in [0.15, 0.2) is 57.3 Å². The molecule has 0 unspecified atom stereocenters. The predicted molar refractivity (Wildman–Crippen MR) is 147 cm³/mol. The first kappa shape index (κ1) is 28.5. The van der Waals surface area contributed by atoms with E-state index in [1.807, 2.05) is 0 Å². The molecule has 3 N–H and O–H groups in total. The molecule has 2 aromatic carbocycles. The summed E-state index contributed by atoms with van der Waals surface area (Å²) in [4.78, 5) is 22.7. The SMILES string of the molecule is C=Nc1cccc(S(=O)(=O)Nc2ccc(C(=O)N3CCC(O)(CCCC(C)(C)O)CC3)cc2)c1/N=C\C. The second-order valence-corrected chi connectivity index (χ2v) is 11.7. The number of carbonyl (C=O) groups excluding carboxylic acids is 1. The minimum atomic E-state index is -3.97. The second-order valence-electron chi connectivity index (χ2n) is 10.0. The van der Waals surface area contributed by atoms with Gasteiger partial charge in [0.15, 0.2) is 0 Å². The molecule has 37 heavy (non-hydrogen) atoms. The molecule has 0 spiro atoms. The smallest absolute Gasteiger partial charge is 0.264 e. The van der Waals surface area contributed by atoms with Crippen molar-refractivity contribution in [3.8, 4) is 0 Å². The van der Waals surface area contributed by atoms with Gasteiger partial charge in [-0.25, -0.2) is 8.42 Å². The lowest BCUT2D eigenvalue weighted by molar-refractivity contribution is -0.0291. The number of sulfonamides is 1. The highest BCUT2D eigenvalue weighted by Gasteiger charge is 2.34. The number of hydrogen-bond donors (Lipinski definition) is 3. The third-order valence-corrected chi connectivity index (χ3v) is 7.90. The number of nitrogens with zero attached hydrogens (tertiary/aromatic N) is 3. The van der Waals surface area contributed by atoms with E-state index in [4.69, 9.17) is 0 Å². The Bertz CT molecular complexity index is 1240. The molecule has 0 bridgehead atoms. The molecule has 1 heterocycles. The van der Waals surface area contributed by atoms with Gasteiger partial charge in [0, 0.05) is 30.6 Å². The number of carbonyl (C=O) groups is 1. The Morgan fingerprint density at radius 1 is 1.19 bits per heavy atom. The predicted octanol–water partition coefficient (Wildman–Crippen LogP) is 4.45. The van der Waals surface area contributed by atoms with E-state index in [1.54, 1.807) is 62.1 Å². The van der Waals surface area contributed by atoms with E-state index >= 15 is 0 Å². The van der Waals surface area contributed by atoms with E-state index in [9.17, 15) is 23.4 Å². The summed E-state index contributed by atoms with van der Waals surface area (Å²) in [6, 6.07) is 10.9. The molecule has 2 aromatic rings. The maximum absolute atomic E-state index is 13.1. The largest absolute Gasteiger partial charge is 0.390 e. The average Bonchev–Trinajstić information content (AvgIpc) is 2.83. The van der Waals surface area contributed by atoms with E-state index in [-0.39, 0.29) is 16.5 Å². The van der Waals surface area contributed by atoms with Crippen molar-refractivity contribution >= 4 is 45.9 Å².